The number of alkyl halides is 1. The summed E-state index contributed by atoms with van der Waals surface area (Å²) in [6, 6.07) is 4.78. The molecule has 108 valence electrons. The zero-order valence-electron chi connectivity index (χ0n) is 11.6. The van der Waals surface area contributed by atoms with E-state index in [1.165, 1.54) is 25.0 Å². The molecular formula is C15H19ClFN3. The summed E-state index contributed by atoms with van der Waals surface area (Å²) in [5, 5.41) is 0. The van der Waals surface area contributed by atoms with Crippen molar-refractivity contribution in [1.82, 2.24) is 14.5 Å². The SMILES string of the molecule is CN1CCC(Cn2c(CCl)nc3cc(F)ccc32)CC1. The van der Waals surface area contributed by atoms with E-state index in [0.717, 1.165) is 31.0 Å². The lowest BCUT2D eigenvalue weighted by molar-refractivity contribution is 0.205. The molecule has 1 aromatic carbocycles. The largest absolute Gasteiger partial charge is 0.327 e. The molecule has 1 saturated heterocycles. The molecule has 1 aliphatic heterocycles. The molecule has 0 atom stereocenters. The van der Waals surface area contributed by atoms with Gasteiger partial charge in [-0.2, -0.15) is 0 Å². The van der Waals surface area contributed by atoms with Gasteiger partial charge in [-0.3, -0.25) is 0 Å². The van der Waals surface area contributed by atoms with Crippen LogP contribution in [0, 0.1) is 11.7 Å². The van der Waals surface area contributed by atoms with Crippen molar-refractivity contribution in [2.75, 3.05) is 20.1 Å². The number of likely N-dealkylation sites (tertiary alicyclic amines) is 1. The average molecular weight is 296 g/mol. The Morgan fingerprint density at radius 3 is 2.80 bits per heavy atom. The van der Waals surface area contributed by atoms with E-state index < -0.39 is 0 Å². The Kier molecular flexibility index (Phi) is 3.94. The minimum absolute atomic E-state index is 0.248. The molecule has 0 bridgehead atoms. The predicted molar refractivity (Wildman–Crippen MR) is 79.5 cm³/mol. The smallest absolute Gasteiger partial charge is 0.125 e. The second-order valence-electron chi connectivity index (χ2n) is 5.65. The van der Waals surface area contributed by atoms with Gasteiger partial charge in [0.2, 0.25) is 0 Å². The van der Waals surface area contributed by atoms with Crippen LogP contribution in [0.3, 0.4) is 0 Å². The molecule has 1 fully saturated rings. The summed E-state index contributed by atoms with van der Waals surface area (Å²) in [5.74, 6) is 1.60. The first-order valence-corrected chi connectivity index (χ1v) is 7.60. The topological polar surface area (TPSA) is 21.1 Å². The number of hydrogen-bond donors (Lipinski definition) is 0. The van der Waals surface area contributed by atoms with E-state index in [2.05, 4.69) is 21.5 Å². The highest BCUT2D eigenvalue weighted by molar-refractivity contribution is 6.16. The molecule has 0 N–H and O–H groups in total. The Balaban J connectivity index is 1.89. The molecule has 1 aliphatic rings. The minimum atomic E-state index is -0.248. The zero-order valence-corrected chi connectivity index (χ0v) is 12.4. The van der Waals surface area contributed by atoms with E-state index in [4.69, 9.17) is 11.6 Å². The summed E-state index contributed by atoms with van der Waals surface area (Å²) >= 11 is 6.00. The summed E-state index contributed by atoms with van der Waals surface area (Å²) in [6.07, 6.45) is 2.39. The van der Waals surface area contributed by atoms with Crippen molar-refractivity contribution >= 4 is 22.6 Å². The molecule has 20 heavy (non-hydrogen) atoms. The highest BCUT2D eigenvalue weighted by Crippen LogP contribution is 2.24. The fraction of sp³-hybridized carbons (Fsp3) is 0.533. The Morgan fingerprint density at radius 2 is 2.10 bits per heavy atom. The second-order valence-corrected chi connectivity index (χ2v) is 5.92. The zero-order chi connectivity index (χ0) is 14.1. The van der Waals surface area contributed by atoms with E-state index >= 15 is 0 Å². The first kappa shape index (κ1) is 13.8. The van der Waals surface area contributed by atoms with Crippen LogP contribution >= 0.6 is 11.6 Å². The quantitative estimate of drug-likeness (QED) is 0.811. The van der Waals surface area contributed by atoms with Crippen LogP contribution in [0.2, 0.25) is 0 Å². The lowest BCUT2D eigenvalue weighted by Crippen LogP contribution is -2.32. The second kappa shape index (κ2) is 5.70. The fourth-order valence-corrected chi connectivity index (χ4v) is 3.17. The lowest BCUT2D eigenvalue weighted by atomic mass is 9.97. The van der Waals surface area contributed by atoms with Gasteiger partial charge in [-0.05, 0) is 51.0 Å². The Bertz CT molecular complexity index is 602. The van der Waals surface area contributed by atoms with Gasteiger partial charge in [0, 0.05) is 12.6 Å². The summed E-state index contributed by atoms with van der Waals surface area (Å²) in [6.45, 7) is 3.21. The molecule has 3 nitrogen and oxygen atoms in total. The average Bonchev–Trinajstić information content (AvgIpc) is 2.78. The number of fused-ring (bicyclic) bond motifs is 1. The highest BCUT2D eigenvalue weighted by atomic mass is 35.5. The van der Waals surface area contributed by atoms with Crippen LogP contribution in [0.5, 0.6) is 0 Å². The number of nitrogens with zero attached hydrogens (tertiary/aromatic N) is 3. The van der Waals surface area contributed by atoms with Gasteiger partial charge >= 0.3 is 0 Å². The van der Waals surface area contributed by atoms with Crippen molar-refractivity contribution in [1.29, 1.82) is 0 Å². The van der Waals surface area contributed by atoms with Crippen LogP contribution in [0.4, 0.5) is 4.39 Å². The van der Waals surface area contributed by atoms with Gasteiger partial charge in [0.1, 0.15) is 11.6 Å². The van der Waals surface area contributed by atoms with Gasteiger partial charge < -0.3 is 9.47 Å². The summed E-state index contributed by atoms with van der Waals surface area (Å²) in [4.78, 5) is 6.81. The van der Waals surface area contributed by atoms with Crippen molar-refractivity contribution in [3.8, 4) is 0 Å². The number of benzene rings is 1. The lowest BCUT2D eigenvalue weighted by Gasteiger charge is -2.29. The van der Waals surface area contributed by atoms with Crippen LogP contribution in [-0.2, 0) is 12.4 Å². The van der Waals surface area contributed by atoms with E-state index in [1.807, 2.05) is 6.07 Å². The maximum Gasteiger partial charge on any atom is 0.125 e. The van der Waals surface area contributed by atoms with Gasteiger partial charge in [-0.15, -0.1) is 11.6 Å². The molecule has 2 heterocycles. The number of rotatable bonds is 3. The van der Waals surface area contributed by atoms with Crippen LogP contribution in [0.25, 0.3) is 11.0 Å². The number of piperidine rings is 1. The van der Waals surface area contributed by atoms with E-state index in [1.54, 1.807) is 0 Å². The van der Waals surface area contributed by atoms with Crippen molar-refractivity contribution < 1.29 is 4.39 Å². The Morgan fingerprint density at radius 1 is 1.35 bits per heavy atom. The van der Waals surface area contributed by atoms with Crippen LogP contribution in [-0.4, -0.2) is 34.6 Å². The molecular weight excluding hydrogens is 277 g/mol. The van der Waals surface area contributed by atoms with Gasteiger partial charge in [0.05, 0.1) is 16.9 Å². The normalized spacial score (nSPS) is 17.9. The van der Waals surface area contributed by atoms with Crippen molar-refractivity contribution in [3.05, 3.63) is 29.8 Å². The molecule has 0 spiro atoms. The van der Waals surface area contributed by atoms with Crippen molar-refractivity contribution in [2.45, 2.75) is 25.3 Å². The monoisotopic (exact) mass is 295 g/mol. The standard InChI is InChI=1S/C15H19ClFN3/c1-19-6-4-11(5-7-19)10-20-14-3-2-12(17)8-13(14)18-15(20)9-16/h2-3,8,11H,4-7,9-10H2,1H3. The first-order chi connectivity index (χ1) is 9.67. The third-order valence-electron chi connectivity index (χ3n) is 4.19. The summed E-state index contributed by atoms with van der Waals surface area (Å²) < 4.78 is 15.5. The molecule has 3 rings (SSSR count). The van der Waals surface area contributed by atoms with E-state index in [9.17, 15) is 4.39 Å². The summed E-state index contributed by atoms with van der Waals surface area (Å²) in [5.41, 5.74) is 1.69. The molecule has 2 aromatic rings. The molecule has 0 radical (unpaired) electrons. The Hall–Kier alpha value is -1.13. The molecule has 5 heteroatoms. The third kappa shape index (κ3) is 2.67. The summed E-state index contributed by atoms with van der Waals surface area (Å²) in [7, 11) is 2.16. The number of imidazole rings is 1. The van der Waals surface area contributed by atoms with Crippen molar-refractivity contribution in [3.63, 3.8) is 0 Å². The fourth-order valence-electron chi connectivity index (χ4n) is 2.96. The Labute approximate surface area is 123 Å². The molecule has 1 aromatic heterocycles. The molecule has 0 unspecified atom stereocenters. The number of hydrogen-bond acceptors (Lipinski definition) is 2. The predicted octanol–water partition coefficient (Wildman–Crippen LogP) is 3.26. The first-order valence-electron chi connectivity index (χ1n) is 7.06. The maximum atomic E-state index is 13.3. The molecule has 0 saturated carbocycles. The van der Waals surface area contributed by atoms with Crippen LogP contribution < -0.4 is 0 Å². The van der Waals surface area contributed by atoms with Crippen LogP contribution in [0.15, 0.2) is 18.2 Å². The minimum Gasteiger partial charge on any atom is -0.327 e. The molecule has 0 amide bonds. The van der Waals surface area contributed by atoms with Gasteiger partial charge in [0.15, 0.2) is 0 Å². The number of aromatic nitrogens is 2. The van der Waals surface area contributed by atoms with Gasteiger partial charge in [0.25, 0.3) is 0 Å². The van der Waals surface area contributed by atoms with E-state index in [-0.39, 0.29) is 5.82 Å². The molecule has 0 aliphatic carbocycles. The van der Waals surface area contributed by atoms with E-state index in [0.29, 0.717) is 17.3 Å². The number of halogens is 2. The highest BCUT2D eigenvalue weighted by Gasteiger charge is 2.19. The van der Waals surface area contributed by atoms with Gasteiger partial charge in [-0.25, -0.2) is 9.37 Å². The maximum absolute atomic E-state index is 13.3. The van der Waals surface area contributed by atoms with Crippen LogP contribution in [0.1, 0.15) is 18.7 Å². The van der Waals surface area contributed by atoms with Crippen molar-refractivity contribution in [2.24, 2.45) is 5.92 Å². The van der Waals surface area contributed by atoms with Gasteiger partial charge in [-0.1, -0.05) is 0 Å². The third-order valence-corrected chi connectivity index (χ3v) is 4.43.